The zero-order chi connectivity index (χ0) is 11.4. The molecule has 0 radical (unpaired) electrons. The molecule has 0 unspecified atom stereocenters. The lowest BCUT2D eigenvalue weighted by atomic mass is 10.2. The highest BCUT2D eigenvalue weighted by Gasteiger charge is 2.06. The predicted octanol–water partition coefficient (Wildman–Crippen LogP) is 2.84. The number of halogens is 1. The monoisotopic (exact) mass is 296 g/mol. The van der Waals surface area contributed by atoms with Gasteiger partial charge in [-0.15, -0.1) is 11.3 Å². The number of nitrogens with zero attached hydrogens (tertiary/aromatic N) is 1. The summed E-state index contributed by atoms with van der Waals surface area (Å²) >= 11 is 4.77. The van der Waals surface area contributed by atoms with E-state index in [0.717, 1.165) is 10.0 Å². The van der Waals surface area contributed by atoms with Gasteiger partial charge >= 0.3 is 0 Å². The molecule has 2 aromatic rings. The van der Waals surface area contributed by atoms with Gasteiger partial charge in [0.05, 0.1) is 5.51 Å². The highest BCUT2D eigenvalue weighted by atomic mass is 79.9. The first-order chi connectivity index (χ1) is 7.75. The molecule has 0 aliphatic rings. The van der Waals surface area contributed by atoms with Crippen LogP contribution in [0.25, 0.3) is 0 Å². The number of aromatic nitrogens is 1. The molecule has 0 atom stereocenters. The van der Waals surface area contributed by atoms with Crippen molar-refractivity contribution in [3.05, 3.63) is 50.9 Å². The average molecular weight is 297 g/mol. The van der Waals surface area contributed by atoms with Crippen molar-refractivity contribution in [2.75, 3.05) is 0 Å². The normalized spacial score (nSPS) is 10.1. The van der Waals surface area contributed by atoms with Crippen molar-refractivity contribution in [2.45, 2.75) is 6.54 Å². The van der Waals surface area contributed by atoms with Crippen molar-refractivity contribution in [1.82, 2.24) is 10.3 Å². The van der Waals surface area contributed by atoms with Gasteiger partial charge in [-0.1, -0.05) is 28.1 Å². The van der Waals surface area contributed by atoms with Crippen LogP contribution >= 0.6 is 27.3 Å². The fraction of sp³-hybridized carbons (Fsp3) is 0.0909. The van der Waals surface area contributed by atoms with E-state index in [1.807, 2.05) is 24.3 Å². The van der Waals surface area contributed by atoms with E-state index in [-0.39, 0.29) is 5.91 Å². The van der Waals surface area contributed by atoms with E-state index in [9.17, 15) is 4.79 Å². The third-order valence-corrected chi connectivity index (χ3v) is 3.15. The largest absolute Gasteiger partial charge is 0.347 e. The van der Waals surface area contributed by atoms with Crippen LogP contribution in [0.15, 0.2) is 39.6 Å². The quantitative estimate of drug-likeness (QED) is 0.946. The summed E-state index contributed by atoms with van der Waals surface area (Å²) in [7, 11) is 0. The van der Waals surface area contributed by atoms with E-state index in [1.165, 1.54) is 11.3 Å². The van der Waals surface area contributed by atoms with Crippen molar-refractivity contribution in [2.24, 2.45) is 0 Å². The Kier molecular flexibility index (Phi) is 3.69. The number of nitrogens with one attached hydrogen (secondary N) is 1. The SMILES string of the molecule is O=C(NCc1ccc(Br)cc1)c1cscn1. The summed E-state index contributed by atoms with van der Waals surface area (Å²) in [5, 5.41) is 4.54. The molecule has 2 rings (SSSR count). The van der Waals surface area contributed by atoms with Crippen LogP contribution in [0.4, 0.5) is 0 Å². The van der Waals surface area contributed by atoms with Gasteiger partial charge in [-0.3, -0.25) is 4.79 Å². The Morgan fingerprint density at radius 3 is 2.75 bits per heavy atom. The van der Waals surface area contributed by atoms with Crippen LogP contribution in [0.1, 0.15) is 16.1 Å². The average Bonchev–Trinajstić information content (AvgIpc) is 2.81. The van der Waals surface area contributed by atoms with Gasteiger partial charge in [-0.25, -0.2) is 4.98 Å². The fourth-order valence-corrected chi connectivity index (χ4v) is 2.00. The molecule has 0 aliphatic carbocycles. The van der Waals surface area contributed by atoms with Crippen molar-refractivity contribution in [1.29, 1.82) is 0 Å². The van der Waals surface area contributed by atoms with Crippen LogP contribution < -0.4 is 5.32 Å². The van der Waals surface area contributed by atoms with Gasteiger partial charge in [-0.2, -0.15) is 0 Å². The number of rotatable bonds is 3. The molecule has 0 spiro atoms. The number of thiazole rings is 1. The highest BCUT2D eigenvalue weighted by Crippen LogP contribution is 2.10. The first-order valence-corrected chi connectivity index (χ1v) is 6.40. The standard InChI is InChI=1S/C11H9BrN2OS/c12-9-3-1-8(2-4-9)5-13-11(15)10-6-16-7-14-10/h1-4,6-7H,5H2,(H,13,15). The molecular weight excluding hydrogens is 288 g/mol. The third-order valence-electron chi connectivity index (χ3n) is 2.03. The maximum absolute atomic E-state index is 11.6. The summed E-state index contributed by atoms with van der Waals surface area (Å²) in [4.78, 5) is 15.5. The van der Waals surface area contributed by atoms with Crippen LogP contribution in [-0.4, -0.2) is 10.9 Å². The lowest BCUT2D eigenvalue weighted by Gasteiger charge is -2.03. The van der Waals surface area contributed by atoms with Gasteiger partial charge < -0.3 is 5.32 Å². The number of benzene rings is 1. The minimum atomic E-state index is -0.135. The second kappa shape index (κ2) is 5.23. The van der Waals surface area contributed by atoms with Crippen LogP contribution in [0.2, 0.25) is 0 Å². The lowest BCUT2D eigenvalue weighted by molar-refractivity contribution is 0.0946. The van der Waals surface area contributed by atoms with Crippen molar-refractivity contribution < 1.29 is 4.79 Å². The fourth-order valence-electron chi connectivity index (χ4n) is 1.20. The number of amides is 1. The van der Waals surface area contributed by atoms with Crippen molar-refractivity contribution in [3.63, 3.8) is 0 Å². The number of carbonyl (C=O) groups is 1. The summed E-state index contributed by atoms with van der Waals surface area (Å²) < 4.78 is 1.03. The first-order valence-electron chi connectivity index (χ1n) is 4.66. The molecule has 1 heterocycles. The Balaban J connectivity index is 1.93. The van der Waals surface area contributed by atoms with E-state index < -0.39 is 0 Å². The number of hydrogen-bond donors (Lipinski definition) is 1. The topological polar surface area (TPSA) is 42.0 Å². The zero-order valence-corrected chi connectivity index (χ0v) is 10.7. The third kappa shape index (κ3) is 2.90. The van der Waals surface area contributed by atoms with Crippen LogP contribution in [0, 0.1) is 0 Å². The van der Waals surface area contributed by atoms with E-state index in [1.54, 1.807) is 10.9 Å². The molecule has 1 N–H and O–H groups in total. The molecule has 0 aliphatic heterocycles. The predicted molar refractivity (Wildman–Crippen MR) is 67.4 cm³/mol. The molecule has 0 saturated heterocycles. The van der Waals surface area contributed by atoms with Gasteiger partial charge in [0.15, 0.2) is 0 Å². The van der Waals surface area contributed by atoms with Gasteiger partial charge in [0.1, 0.15) is 5.69 Å². The van der Waals surface area contributed by atoms with Gasteiger partial charge in [0.25, 0.3) is 5.91 Å². The first kappa shape index (κ1) is 11.3. The molecule has 0 fully saturated rings. The van der Waals surface area contributed by atoms with Crippen LogP contribution in [0.5, 0.6) is 0 Å². The molecule has 82 valence electrons. The minimum Gasteiger partial charge on any atom is -0.347 e. The summed E-state index contributed by atoms with van der Waals surface area (Å²) in [6, 6.07) is 7.82. The number of carbonyl (C=O) groups excluding carboxylic acids is 1. The summed E-state index contributed by atoms with van der Waals surface area (Å²) in [5.74, 6) is -0.135. The second-order valence-corrected chi connectivity index (χ2v) is 4.82. The van der Waals surface area contributed by atoms with Gasteiger partial charge in [0, 0.05) is 16.4 Å². The molecule has 3 nitrogen and oxygen atoms in total. The maximum atomic E-state index is 11.6. The molecule has 16 heavy (non-hydrogen) atoms. The van der Waals surface area contributed by atoms with Gasteiger partial charge in [0.2, 0.25) is 0 Å². The summed E-state index contributed by atoms with van der Waals surface area (Å²) in [6.07, 6.45) is 0. The van der Waals surface area contributed by atoms with Crippen molar-refractivity contribution >= 4 is 33.2 Å². The molecule has 1 aromatic heterocycles. The molecule has 5 heteroatoms. The second-order valence-electron chi connectivity index (χ2n) is 3.18. The Hall–Kier alpha value is -1.20. The van der Waals surface area contributed by atoms with Gasteiger partial charge in [-0.05, 0) is 17.7 Å². The molecule has 0 saturated carbocycles. The highest BCUT2D eigenvalue weighted by molar-refractivity contribution is 9.10. The summed E-state index contributed by atoms with van der Waals surface area (Å²) in [6.45, 7) is 0.517. The Morgan fingerprint density at radius 2 is 2.12 bits per heavy atom. The molecule has 1 amide bonds. The van der Waals surface area contributed by atoms with E-state index in [4.69, 9.17) is 0 Å². The maximum Gasteiger partial charge on any atom is 0.271 e. The Labute approximate surface area is 106 Å². The molecule has 1 aromatic carbocycles. The van der Waals surface area contributed by atoms with E-state index >= 15 is 0 Å². The minimum absolute atomic E-state index is 0.135. The molecular formula is C11H9BrN2OS. The van der Waals surface area contributed by atoms with Crippen LogP contribution in [-0.2, 0) is 6.54 Å². The van der Waals surface area contributed by atoms with Crippen molar-refractivity contribution in [3.8, 4) is 0 Å². The Morgan fingerprint density at radius 1 is 1.38 bits per heavy atom. The summed E-state index contributed by atoms with van der Waals surface area (Å²) in [5.41, 5.74) is 3.18. The van der Waals surface area contributed by atoms with E-state index in [2.05, 4.69) is 26.2 Å². The Bertz CT molecular complexity index is 467. The number of hydrogen-bond acceptors (Lipinski definition) is 3. The van der Waals surface area contributed by atoms with Crippen LogP contribution in [0.3, 0.4) is 0 Å². The molecule has 0 bridgehead atoms. The smallest absolute Gasteiger partial charge is 0.271 e. The lowest BCUT2D eigenvalue weighted by Crippen LogP contribution is -2.22. The zero-order valence-electron chi connectivity index (χ0n) is 8.31. The van der Waals surface area contributed by atoms with E-state index in [0.29, 0.717) is 12.2 Å².